The topological polar surface area (TPSA) is 46.2 Å². The standard InChI is InChI=1S/C11H19NO2/c1-8-3-5-10(6-4-8)12-11(14)7-9(2)13/h8,10H,3-7H2,1-2H3,(H,12,14). The predicted octanol–water partition coefficient (Wildman–Crippen LogP) is 1.66. The van der Waals surface area contributed by atoms with Crippen molar-refractivity contribution in [2.45, 2.75) is 52.0 Å². The van der Waals surface area contributed by atoms with Crippen molar-refractivity contribution in [2.24, 2.45) is 5.92 Å². The molecule has 1 aliphatic rings. The van der Waals surface area contributed by atoms with Crippen LogP contribution in [-0.4, -0.2) is 17.7 Å². The smallest absolute Gasteiger partial charge is 0.227 e. The minimum atomic E-state index is -0.114. The van der Waals surface area contributed by atoms with E-state index in [2.05, 4.69) is 12.2 Å². The van der Waals surface area contributed by atoms with Crippen LogP contribution in [0.2, 0.25) is 0 Å². The Morgan fingerprint density at radius 1 is 1.21 bits per heavy atom. The Kier molecular flexibility index (Phi) is 4.11. The highest BCUT2D eigenvalue weighted by Crippen LogP contribution is 2.23. The van der Waals surface area contributed by atoms with E-state index in [1.165, 1.54) is 19.8 Å². The Morgan fingerprint density at radius 2 is 1.79 bits per heavy atom. The zero-order valence-electron chi connectivity index (χ0n) is 9.01. The lowest BCUT2D eigenvalue weighted by molar-refractivity contribution is -0.127. The van der Waals surface area contributed by atoms with Crippen LogP contribution in [0.4, 0.5) is 0 Å². The molecule has 0 heterocycles. The van der Waals surface area contributed by atoms with E-state index in [0.29, 0.717) is 6.04 Å². The minimum Gasteiger partial charge on any atom is -0.353 e. The second-order valence-corrected chi connectivity index (χ2v) is 4.40. The van der Waals surface area contributed by atoms with Gasteiger partial charge in [0.05, 0.1) is 6.42 Å². The van der Waals surface area contributed by atoms with Crippen LogP contribution >= 0.6 is 0 Å². The number of nitrogens with one attached hydrogen (secondary N) is 1. The van der Waals surface area contributed by atoms with E-state index in [4.69, 9.17) is 0 Å². The van der Waals surface area contributed by atoms with E-state index in [1.54, 1.807) is 0 Å². The molecule has 0 spiro atoms. The summed E-state index contributed by atoms with van der Waals surface area (Å²) in [5.74, 6) is 0.611. The maximum absolute atomic E-state index is 11.3. The summed E-state index contributed by atoms with van der Waals surface area (Å²) in [6.07, 6.45) is 4.53. The third kappa shape index (κ3) is 3.90. The van der Waals surface area contributed by atoms with Crippen molar-refractivity contribution in [2.75, 3.05) is 0 Å². The Bertz CT molecular complexity index is 217. The van der Waals surface area contributed by atoms with Crippen LogP contribution in [0.3, 0.4) is 0 Å². The molecule has 0 bridgehead atoms. The number of carbonyl (C=O) groups excluding carboxylic acids is 2. The number of carbonyl (C=O) groups is 2. The molecule has 0 radical (unpaired) electrons. The van der Waals surface area contributed by atoms with Crippen LogP contribution in [0.1, 0.15) is 46.0 Å². The lowest BCUT2D eigenvalue weighted by Gasteiger charge is -2.26. The Balaban J connectivity index is 2.24. The molecule has 0 aromatic rings. The highest BCUT2D eigenvalue weighted by atomic mass is 16.2. The van der Waals surface area contributed by atoms with Gasteiger partial charge < -0.3 is 5.32 Å². The van der Waals surface area contributed by atoms with Gasteiger partial charge in [0.2, 0.25) is 5.91 Å². The van der Waals surface area contributed by atoms with Gasteiger partial charge in [0.1, 0.15) is 5.78 Å². The number of amides is 1. The zero-order chi connectivity index (χ0) is 10.6. The van der Waals surface area contributed by atoms with Crippen LogP contribution in [-0.2, 0) is 9.59 Å². The number of ketones is 1. The maximum atomic E-state index is 11.3. The Labute approximate surface area is 85.3 Å². The van der Waals surface area contributed by atoms with E-state index in [0.717, 1.165) is 18.8 Å². The number of hydrogen-bond acceptors (Lipinski definition) is 2. The highest BCUT2D eigenvalue weighted by molar-refractivity contribution is 5.96. The molecule has 0 atom stereocenters. The van der Waals surface area contributed by atoms with Gasteiger partial charge in [-0.2, -0.15) is 0 Å². The average molecular weight is 197 g/mol. The summed E-state index contributed by atoms with van der Waals surface area (Å²) in [4.78, 5) is 22.0. The van der Waals surface area contributed by atoms with Crippen molar-refractivity contribution >= 4 is 11.7 Å². The molecule has 14 heavy (non-hydrogen) atoms. The number of hydrogen-bond donors (Lipinski definition) is 1. The van der Waals surface area contributed by atoms with E-state index in [-0.39, 0.29) is 18.1 Å². The van der Waals surface area contributed by atoms with Gasteiger partial charge in [-0.05, 0) is 38.5 Å². The van der Waals surface area contributed by atoms with Gasteiger partial charge in [-0.1, -0.05) is 6.92 Å². The van der Waals surface area contributed by atoms with Crippen molar-refractivity contribution < 1.29 is 9.59 Å². The summed E-state index contributed by atoms with van der Waals surface area (Å²) in [5, 5.41) is 2.91. The molecule has 0 aromatic heterocycles. The molecule has 0 aromatic carbocycles. The van der Waals surface area contributed by atoms with Gasteiger partial charge in [0.15, 0.2) is 0 Å². The quantitative estimate of drug-likeness (QED) is 0.699. The van der Waals surface area contributed by atoms with Gasteiger partial charge >= 0.3 is 0 Å². The third-order valence-corrected chi connectivity index (χ3v) is 2.79. The molecule has 0 saturated heterocycles. The van der Waals surface area contributed by atoms with Crippen molar-refractivity contribution in [3.8, 4) is 0 Å². The fourth-order valence-corrected chi connectivity index (χ4v) is 1.91. The zero-order valence-corrected chi connectivity index (χ0v) is 9.01. The molecule has 1 fully saturated rings. The molecule has 80 valence electrons. The summed E-state index contributed by atoms with van der Waals surface area (Å²) < 4.78 is 0. The number of Topliss-reactive ketones (excluding diaryl/α,β-unsaturated/α-hetero) is 1. The predicted molar refractivity (Wildman–Crippen MR) is 54.9 cm³/mol. The van der Waals surface area contributed by atoms with Crippen LogP contribution in [0.15, 0.2) is 0 Å². The van der Waals surface area contributed by atoms with Gasteiger partial charge in [0, 0.05) is 6.04 Å². The summed E-state index contributed by atoms with van der Waals surface area (Å²) in [7, 11) is 0. The highest BCUT2D eigenvalue weighted by Gasteiger charge is 2.19. The molecule has 0 aliphatic heterocycles. The molecule has 1 aliphatic carbocycles. The SMILES string of the molecule is CC(=O)CC(=O)NC1CCC(C)CC1. The molecule has 3 nitrogen and oxygen atoms in total. The molecule has 1 N–H and O–H groups in total. The first-order valence-electron chi connectivity index (χ1n) is 5.36. The Morgan fingerprint density at radius 3 is 2.29 bits per heavy atom. The monoisotopic (exact) mass is 197 g/mol. The maximum Gasteiger partial charge on any atom is 0.227 e. The lowest BCUT2D eigenvalue weighted by Crippen LogP contribution is -2.37. The molecule has 1 amide bonds. The summed E-state index contributed by atoms with van der Waals surface area (Å²) >= 11 is 0. The third-order valence-electron chi connectivity index (χ3n) is 2.79. The minimum absolute atomic E-state index is 0.0338. The van der Waals surface area contributed by atoms with Gasteiger partial charge in [0.25, 0.3) is 0 Å². The van der Waals surface area contributed by atoms with Crippen LogP contribution < -0.4 is 5.32 Å². The van der Waals surface area contributed by atoms with Gasteiger partial charge in [-0.25, -0.2) is 0 Å². The first-order chi connectivity index (χ1) is 6.58. The second kappa shape index (κ2) is 5.13. The fraction of sp³-hybridized carbons (Fsp3) is 0.818. The molecule has 1 rings (SSSR count). The first kappa shape index (κ1) is 11.2. The summed E-state index contributed by atoms with van der Waals surface area (Å²) in [5.41, 5.74) is 0. The van der Waals surface area contributed by atoms with Crippen molar-refractivity contribution in [3.05, 3.63) is 0 Å². The Hall–Kier alpha value is -0.860. The molecular formula is C11H19NO2. The van der Waals surface area contributed by atoms with Gasteiger partial charge in [-0.15, -0.1) is 0 Å². The second-order valence-electron chi connectivity index (χ2n) is 4.40. The molecule has 1 saturated carbocycles. The fourth-order valence-electron chi connectivity index (χ4n) is 1.91. The average Bonchev–Trinajstić information content (AvgIpc) is 2.07. The molecule has 0 unspecified atom stereocenters. The van der Waals surface area contributed by atoms with E-state index in [9.17, 15) is 9.59 Å². The molecular weight excluding hydrogens is 178 g/mol. The van der Waals surface area contributed by atoms with Crippen LogP contribution in [0.5, 0.6) is 0 Å². The normalized spacial score (nSPS) is 27.0. The summed E-state index contributed by atoms with van der Waals surface area (Å²) in [6.45, 7) is 3.69. The number of rotatable bonds is 3. The lowest BCUT2D eigenvalue weighted by atomic mass is 9.87. The van der Waals surface area contributed by atoms with Crippen molar-refractivity contribution in [3.63, 3.8) is 0 Å². The van der Waals surface area contributed by atoms with Crippen LogP contribution in [0, 0.1) is 5.92 Å². The first-order valence-corrected chi connectivity index (χ1v) is 5.36. The summed E-state index contributed by atoms with van der Waals surface area (Å²) in [6, 6.07) is 0.304. The van der Waals surface area contributed by atoms with Crippen molar-refractivity contribution in [1.82, 2.24) is 5.32 Å². The van der Waals surface area contributed by atoms with E-state index >= 15 is 0 Å². The molecule has 3 heteroatoms. The largest absolute Gasteiger partial charge is 0.353 e. The van der Waals surface area contributed by atoms with E-state index in [1.807, 2.05) is 0 Å². The van der Waals surface area contributed by atoms with Gasteiger partial charge in [-0.3, -0.25) is 9.59 Å². The van der Waals surface area contributed by atoms with Crippen molar-refractivity contribution in [1.29, 1.82) is 0 Å². The van der Waals surface area contributed by atoms with Crippen LogP contribution in [0.25, 0.3) is 0 Å². The van der Waals surface area contributed by atoms with E-state index < -0.39 is 0 Å².